The monoisotopic (exact) mass is 404 g/mol. The number of benzene rings is 1. The van der Waals surface area contributed by atoms with Crippen LogP contribution in [0.15, 0.2) is 63.2 Å². The summed E-state index contributed by atoms with van der Waals surface area (Å²) in [6, 6.07) is 12.0. The van der Waals surface area contributed by atoms with Gasteiger partial charge in [-0.3, -0.25) is 9.55 Å². The second-order valence-electron chi connectivity index (χ2n) is 7.21. The molecule has 146 valence electrons. The van der Waals surface area contributed by atoms with Gasteiger partial charge in [-0.1, -0.05) is 30.8 Å². The van der Waals surface area contributed by atoms with Gasteiger partial charge in [0.15, 0.2) is 11.0 Å². The Balaban J connectivity index is 1.48. The molecule has 7 heteroatoms. The highest BCUT2D eigenvalue weighted by molar-refractivity contribution is 7.98. The average Bonchev–Trinajstić information content (AvgIpc) is 3.50. The molecule has 0 amide bonds. The van der Waals surface area contributed by atoms with Crippen molar-refractivity contribution in [3.63, 3.8) is 0 Å². The van der Waals surface area contributed by atoms with E-state index in [2.05, 4.69) is 32.7 Å². The number of aromatic nitrogens is 4. The first-order valence-electron chi connectivity index (χ1n) is 9.76. The minimum atomic E-state index is -0.317. The third kappa shape index (κ3) is 3.58. The Morgan fingerprint density at radius 3 is 2.72 bits per heavy atom. The van der Waals surface area contributed by atoms with E-state index >= 15 is 0 Å². The van der Waals surface area contributed by atoms with Crippen molar-refractivity contribution in [1.29, 1.82) is 0 Å². The largest absolute Gasteiger partial charge is 0.423 e. The number of aryl methyl sites for hydroxylation is 1. The fourth-order valence-electron chi connectivity index (χ4n) is 3.49. The quantitative estimate of drug-likeness (QED) is 0.344. The molecule has 1 saturated carbocycles. The zero-order chi connectivity index (χ0) is 19.8. The predicted molar refractivity (Wildman–Crippen MR) is 113 cm³/mol. The summed E-state index contributed by atoms with van der Waals surface area (Å²) < 4.78 is 7.65. The van der Waals surface area contributed by atoms with Crippen LogP contribution in [0.4, 0.5) is 0 Å². The van der Waals surface area contributed by atoms with Gasteiger partial charge in [0, 0.05) is 41.2 Å². The molecule has 0 aliphatic heterocycles. The molecule has 3 aromatic heterocycles. The Morgan fingerprint density at radius 2 is 1.97 bits per heavy atom. The summed E-state index contributed by atoms with van der Waals surface area (Å²) in [5.74, 6) is 1.51. The van der Waals surface area contributed by atoms with Crippen molar-refractivity contribution < 1.29 is 4.42 Å². The lowest BCUT2D eigenvalue weighted by Crippen LogP contribution is -2.02. The summed E-state index contributed by atoms with van der Waals surface area (Å²) in [4.78, 5) is 16.2. The van der Waals surface area contributed by atoms with Crippen molar-refractivity contribution in [2.75, 3.05) is 0 Å². The maximum absolute atomic E-state index is 12.1. The van der Waals surface area contributed by atoms with Gasteiger partial charge in [-0.05, 0) is 48.6 Å². The Bertz CT molecular complexity index is 1230. The van der Waals surface area contributed by atoms with Crippen molar-refractivity contribution in [2.45, 2.75) is 43.1 Å². The van der Waals surface area contributed by atoms with Crippen LogP contribution in [0.2, 0.25) is 0 Å². The molecule has 0 spiro atoms. The van der Waals surface area contributed by atoms with Gasteiger partial charge in [-0.15, -0.1) is 10.2 Å². The molecule has 1 fully saturated rings. The van der Waals surface area contributed by atoms with Gasteiger partial charge in [0.2, 0.25) is 0 Å². The van der Waals surface area contributed by atoms with Gasteiger partial charge in [0.05, 0.1) is 0 Å². The van der Waals surface area contributed by atoms with Crippen LogP contribution < -0.4 is 5.63 Å². The van der Waals surface area contributed by atoms with Crippen LogP contribution in [0.1, 0.15) is 36.9 Å². The third-order valence-corrected chi connectivity index (χ3v) is 6.17. The highest BCUT2D eigenvalue weighted by Crippen LogP contribution is 2.41. The van der Waals surface area contributed by atoms with E-state index in [0.29, 0.717) is 17.4 Å². The van der Waals surface area contributed by atoms with Crippen molar-refractivity contribution in [1.82, 2.24) is 19.7 Å². The maximum atomic E-state index is 12.1. The Kier molecular flexibility index (Phi) is 4.67. The van der Waals surface area contributed by atoms with Gasteiger partial charge in [0.1, 0.15) is 5.58 Å². The lowest BCUT2D eigenvalue weighted by molar-refractivity contribution is 0.559. The van der Waals surface area contributed by atoms with Crippen LogP contribution >= 0.6 is 11.8 Å². The topological polar surface area (TPSA) is 73.8 Å². The van der Waals surface area contributed by atoms with Gasteiger partial charge < -0.3 is 4.42 Å². The number of fused-ring (bicyclic) bond motifs is 1. The lowest BCUT2D eigenvalue weighted by atomic mass is 10.1. The van der Waals surface area contributed by atoms with E-state index < -0.39 is 0 Å². The van der Waals surface area contributed by atoms with Crippen molar-refractivity contribution in [2.24, 2.45) is 0 Å². The molecule has 0 N–H and O–H groups in total. The van der Waals surface area contributed by atoms with Crippen LogP contribution in [-0.2, 0) is 12.2 Å². The summed E-state index contributed by atoms with van der Waals surface area (Å²) in [6.45, 7) is 2.09. The molecule has 5 rings (SSSR count). The van der Waals surface area contributed by atoms with E-state index in [1.54, 1.807) is 30.2 Å². The summed E-state index contributed by atoms with van der Waals surface area (Å²) in [5.41, 5.74) is 3.46. The number of hydrogen-bond acceptors (Lipinski definition) is 6. The second kappa shape index (κ2) is 7.48. The van der Waals surface area contributed by atoms with E-state index in [4.69, 9.17) is 4.42 Å². The highest BCUT2D eigenvalue weighted by Gasteiger charge is 2.30. The molecule has 0 radical (unpaired) electrons. The zero-order valence-electron chi connectivity index (χ0n) is 16.0. The number of nitrogens with zero attached hydrogens (tertiary/aromatic N) is 4. The smallest absolute Gasteiger partial charge is 0.336 e. The molecule has 1 aliphatic carbocycles. The molecular weight excluding hydrogens is 384 g/mol. The van der Waals surface area contributed by atoms with E-state index in [1.165, 1.54) is 0 Å². The van der Waals surface area contributed by atoms with Crippen LogP contribution in [0, 0.1) is 0 Å². The first-order chi connectivity index (χ1) is 14.2. The Morgan fingerprint density at radius 1 is 1.14 bits per heavy atom. The minimum absolute atomic E-state index is 0.317. The van der Waals surface area contributed by atoms with E-state index in [9.17, 15) is 4.79 Å². The van der Waals surface area contributed by atoms with Gasteiger partial charge in [-0.25, -0.2) is 4.79 Å². The molecule has 0 unspecified atom stereocenters. The average molecular weight is 404 g/mol. The Hall–Kier alpha value is -2.93. The SMILES string of the molecule is CCc1ccc2c(CSc3nnc(-c4ccncc4)n3C3CC3)cc(=O)oc2c1. The van der Waals surface area contributed by atoms with Crippen LogP contribution in [-0.4, -0.2) is 19.7 Å². The molecule has 0 atom stereocenters. The molecule has 3 heterocycles. The number of rotatable bonds is 6. The normalized spacial score (nSPS) is 13.8. The predicted octanol–water partition coefficient (Wildman–Crippen LogP) is 4.64. The van der Waals surface area contributed by atoms with Crippen molar-refractivity contribution in [3.8, 4) is 11.4 Å². The standard InChI is InChI=1S/C22H20N4O2S/c1-2-14-3-6-18-16(12-20(27)28-19(18)11-14)13-29-22-25-24-21(26(22)17-4-5-17)15-7-9-23-10-8-15/h3,6-12,17H,2,4-5,13H2,1H3. The molecule has 0 saturated heterocycles. The third-order valence-electron chi connectivity index (χ3n) is 5.17. The molecular formula is C22H20N4O2S. The fraction of sp³-hybridized carbons (Fsp3) is 0.273. The number of thioether (sulfide) groups is 1. The van der Waals surface area contributed by atoms with Crippen LogP contribution in [0.3, 0.4) is 0 Å². The first-order valence-corrected chi connectivity index (χ1v) is 10.7. The lowest BCUT2D eigenvalue weighted by Gasteiger charge is -2.10. The molecule has 0 bridgehead atoms. The summed E-state index contributed by atoms with van der Waals surface area (Å²) >= 11 is 1.61. The van der Waals surface area contributed by atoms with Crippen LogP contribution in [0.5, 0.6) is 0 Å². The maximum Gasteiger partial charge on any atom is 0.336 e. The van der Waals surface area contributed by atoms with Crippen molar-refractivity contribution >= 4 is 22.7 Å². The van der Waals surface area contributed by atoms with Gasteiger partial charge in [0.25, 0.3) is 0 Å². The van der Waals surface area contributed by atoms with E-state index in [1.807, 2.05) is 24.3 Å². The summed E-state index contributed by atoms with van der Waals surface area (Å²) in [5, 5.41) is 10.8. The van der Waals surface area contributed by atoms with E-state index in [-0.39, 0.29) is 5.63 Å². The van der Waals surface area contributed by atoms with E-state index in [0.717, 1.165) is 52.3 Å². The van der Waals surface area contributed by atoms with Crippen LogP contribution in [0.25, 0.3) is 22.4 Å². The second-order valence-corrected chi connectivity index (χ2v) is 8.15. The highest BCUT2D eigenvalue weighted by atomic mass is 32.2. The summed E-state index contributed by atoms with van der Waals surface area (Å²) in [7, 11) is 0. The molecule has 1 aromatic carbocycles. The fourth-order valence-corrected chi connectivity index (χ4v) is 4.49. The minimum Gasteiger partial charge on any atom is -0.423 e. The Labute approximate surface area is 172 Å². The van der Waals surface area contributed by atoms with Gasteiger partial charge in [-0.2, -0.15) is 0 Å². The number of hydrogen-bond donors (Lipinski definition) is 0. The van der Waals surface area contributed by atoms with Gasteiger partial charge >= 0.3 is 5.63 Å². The molecule has 1 aliphatic rings. The van der Waals surface area contributed by atoms with Crippen molar-refractivity contribution in [3.05, 3.63) is 70.3 Å². The summed E-state index contributed by atoms with van der Waals surface area (Å²) in [6.07, 6.45) is 6.73. The number of pyridine rings is 1. The molecule has 6 nitrogen and oxygen atoms in total. The molecule has 29 heavy (non-hydrogen) atoms. The zero-order valence-corrected chi connectivity index (χ0v) is 16.9. The first kappa shape index (κ1) is 18.1. The molecule has 4 aromatic rings.